The molecule has 3 heterocycles. The Bertz CT molecular complexity index is 2340. The van der Waals surface area contributed by atoms with Crippen molar-refractivity contribution in [3.05, 3.63) is 117 Å². The van der Waals surface area contributed by atoms with Crippen molar-refractivity contribution in [2.45, 2.75) is 59.4 Å². The molecule has 3 amide bonds. The Labute approximate surface area is 332 Å². The van der Waals surface area contributed by atoms with Gasteiger partial charge >= 0.3 is 18.2 Å². The highest BCUT2D eigenvalue weighted by Crippen LogP contribution is 2.28. The Morgan fingerprint density at radius 2 is 1.55 bits per heavy atom. The van der Waals surface area contributed by atoms with Gasteiger partial charge in [0.2, 0.25) is 23.1 Å². The number of alkyl carbamates (subject to hydrolysis) is 1. The fraction of sp³-hybridized carbons (Fsp3) is 0.341. The van der Waals surface area contributed by atoms with Gasteiger partial charge in [0.1, 0.15) is 36.6 Å². The summed E-state index contributed by atoms with van der Waals surface area (Å²) in [7, 11) is 0. The van der Waals surface area contributed by atoms with Crippen LogP contribution in [0.1, 0.15) is 72.9 Å². The molecule has 1 saturated heterocycles. The van der Waals surface area contributed by atoms with Crippen LogP contribution in [0.2, 0.25) is 0 Å². The number of hydrogen-bond acceptors (Lipinski definition) is 11. The number of aromatic carboxylic acids is 1. The van der Waals surface area contributed by atoms with Crippen molar-refractivity contribution < 1.29 is 42.6 Å². The number of carbonyl (C=O) groups excluding carboxylic acids is 3. The van der Waals surface area contributed by atoms with Crippen molar-refractivity contribution in [1.82, 2.24) is 25.0 Å². The molecule has 2 aromatic heterocycles. The molecule has 1 aliphatic heterocycles. The van der Waals surface area contributed by atoms with Crippen LogP contribution in [0, 0.1) is 11.7 Å². The van der Waals surface area contributed by atoms with Gasteiger partial charge in [-0.05, 0) is 55.2 Å². The van der Waals surface area contributed by atoms with Crippen molar-refractivity contribution in [3.63, 3.8) is 0 Å². The van der Waals surface area contributed by atoms with Gasteiger partial charge in [0.25, 0.3) is 0 Å². The first-order chi connectivity index (χ1) is 27.8. The molecular formula is C41H44FN7O9. The van der Waals surface area contributed by atoms with Gasteiger partial charge in [0.05, 0.1) is 11.2 Å². The zero-order valence-electron chi connectivity index (χ0n) is 32.4. The lowest BCUT2D eigenvalue weighted by atomic mass is 10.1. The number of carboxylic acid groups (broad SMARTS) is 1. The second-order valence-electron chi connectivity index (χ2n) is 14.1. The molecule has 2 unspecified atom stereocenters. The number of nitrogens with zero attached hydrogens (tertiary/aromatic N) is 5. The van der Waals surface area contributed by atoms with Gasteiger partial charge in [-0.3, -0.25) is 9.59 Å². The maximum atomic E-state index is 15.3. The summed E-state index contributed by atoms with van der Waals surface area (Å²) in [5, 5.41) is 23.1. The van der Waals surface area contributed by atoms with Gasteiger partial charge in [0, 0.05) is 50.0 Å². The van der Waals surface area contributed by atoms with E-state index in [9.17, 15) is 29.1 Å². The smallest absolute Gasteiger partial charge is 0.410 e. The van der Waals surface area contributed by atoms with E-state index in [4.69, 9.17) is 13.9 Å². The predicted octanol–water partition coefficient (Wildman–Crippen LogP) is 6.07. The highest BCUT2D eigenvalue weighted by molar-refractivity contribution is 5.95. The summed E-state index contributed by atoms with van der Waals surface area (Å²) < 4.78 is 33.6. The second kappa shape index (κ2) is 18.0. The quantitative estimate of drug-likeness (QED) is 0.125. The number of hydrogen-bond donors (Lipinski definition) is 3. The number of anilines is 2. The number of aromatic nitrogens is 3. The van der Waals surface area contributed by atoms with Crippen LogP contribution >= 0.6 is 0 Å². The molecule has 2 atom stereocenters. The lowest BCUT2D eigenvalue weighted by Gasteiger charge is -2.35. The number of halogens is 1. The number of aryl methyl sites for hydroxylation is 1. The van der Waals surface area contributed by atoms with E-state index in [0.29, 0.717) is 36.4 Å². The third-order valence-corrected chi connectivity index (χ3v) is 9.82. The lowest BCUT2D eigenvalue weighted by molar-refractivity contribution is -0.117. The van der Waals surface area contributed by atoms with Gasteiger partial charge in [-0.1, -0.05) is 56.3 Å². The number of carboxylic acids is 1. The first kappa shape index (κ1) is 40.9. The SMILES string of the molecule is CCn1cc(C(=O)O)c(=O)c2cc(F)c(N3CCN(C(=O)OCc4ccc(NC(=O)C(C)c5nnc(C(NC(=O)OCc6ccccc6)C(C)C)o5)cc4)CC3)cc21. The van der Waals surface area contributed by atoms with Crippen LogP contribution in [0.5, 0.6) is 0 Å². The molecule has 0 bridgehead atoms. The zero-order valence-corrected chi connectivity index (χ0v) is 32.4. The van der Waals surface area contributed by atoms with E-state index in [-0.39, 0.29) is 55.1 Å². The fourth-order valence-electron chi connectivity index (χ4n) is 6.42. The molecule has 17 heteroatoms. The van der Waals surface area contributed by atoms with Crippen molar-refractivity contribution in [1.29, 1.82) is 0 Å². The molecule has 6 rings (SSSR count). The van der Waals surface area contributed by atoms with Gasteiger partial charge < -0.3 is 44.0 Å². The maximum absolute atomic E-state index is 15.3. The summed E-state index contributed by atoms with van der Waals surface area (Å²) >= 11 is 0. The minimum absolute atomic E-state index is 0.0149. The molecule has 1 fully saturated rings. The van der Waals surface area contributed by atoms with Crippen molar-refractivity contribution in [2.75, 3.05) is 36.4 Å². The summed E-state index contributed by atoms with van der Waals surface area (Å²) in [5.74, 6) is -3.17. The highest BCUT2D eigenvalue weighted by atomic mass is 19.1. The minimum atomic E-state index is -1.38. The summed E-state index contributed by atoms with van der Waals surface area (Å²) in [5.41, 5.74) is 1.50. The van der Waals surface area contributed by atoms with E-state index in [1.807, 2.05) is 44.2 Å². The van der Waals surface area contributed by atoms with Crippen LogP contribution in [0.15, 0.2) is 82.1 Å². The molecule has 0 saturated carbocycles. The third-order valence-electron chi connectivity index (χ3n) is 9.82. The molecule has 3 aromatic carbocycles. The summed E-state index contributed by atoms with van der Waals surface area (Å²) in [4.78, 5) is 66.1. The topological polar surface area (TPSA) is 198 Å². The molecule has 5 aromatic rings. The number of ether oxygens (including phenoxy) is 2. The highest BCUT2D eigenvalue weighted by Gasteiger charge is 2.29. The molecule has 304 valence electrons. The average Bonchev–Trinajstić information content (AvgIpc) is 3.71. The van der Waals surface area contributed by atoms with Gasteiger partial charge in [-0.2, -0.15) is 0 Å². The Hall–Kier alpha value is -6.78. The van der Waals surface area contributed by atoms with Crippen molar-refractivity contribution in [3.8, 4) is 0 Å². The lowest BCUT2D eigenvalue weighted by Crippen LogP contribution is -2.49. The Morgan fingerprint density at radius 3 is 2.21 bits per heavy atom. The molecule has 58 heavy (non-hydrogen) atoms. The molecule has 3 N–H and O–H groups in total. The normalized spacial score (nSPS) is 13.9. The van der Waals surface area contributed by atoms with Crippen LogP contribution in [-0.2, 0) is 34.0 Å². The van der Waals surface area contributed by atoms with Crippen molar-refractivity contribution >= 4 is 46.3 Å². The molecule has 0 spiro atoms. The maximum Gasteiger partial charge on any atom is 0.410 e. The van der Waals surface area contributed by atoms with Crippen LogP contribution in [0.4, 0.5) is 25.4 Å². The second-order valence-corrected chi connectivity index (χ2v) is 14.1. The fourth-order valence-corrected chi connectivity index (χ4v) is 6.42. The molecule has 0 aliphatic carbocycles. The van der Waals surface area contributed by atoms with Gasteiger partial charge in [-0.25, -0.2) is 18.8 Å². The summed E-state index contributed by atoms with van der Waals surface area (Å²) in [6.45, 7) is 8.74. The number of piperazine rings is 1. The minimum Gasteiger partial charge on any atom is -0.477 e. The number of rotatable bonds is 13. The van der Waals surface area contributed by atoms with Crippen LogP contribution in [0.3, 0.4) is 0 Å². The Balaban J connectivity index is 0.975. The standard InChI is InChI=1S/C41H44FN7O9/c1-5-47-21-30(39(52)53)35(50)29-19-31(42)33(20-32(29)47)48-15-17-49(18-16-48)41(55)57-23-27-11-13-28(14-12-27)43-36(51)25(4)37-45-46-38(58-37)34(24(2)3)44-40(54)56-22-26-9-7-6-8-10-26/h6-14,19-21,24-25,34H,5,15-18,22-23H2,1-4H3,(H,43,51)(H,44,54)(H,52,53). The van der Waals surface area contributed by atoms with Crippen molar-refractivity contribution in [2.24, 2.45) is 5.92 Å². The molecule has 16 nitrogen and oxygen atoms in total. The number of pyridine rings is 1. The van der Waals surface area contributed by atoms with E-state index < -0.39 is 52.8 Å². The monoisotopic (exact) mass is 797 g/mol. The number of carbonyl (C=O) groups is 4. The van der Waals surface area contributed by atoms with E-state index in [0.717, 1.165) is 11.6 Å². The van der Waals surface area contributed by atoms with E-state index in [1.54, 1.807) is 53.6 Å². The Morgan fingerprint density at radius 1 is 0.897 bits per heavy atom. The van der Waals surface area contributed by atoms with Gasteiger partial charge in [-0.15, -0.1) is 10.2 Å². The number of amides is 3. The first-order valence-electron chi connectivity index (χ1n) is 18.8. The molecule has 0 radical (unpaired) electrons. The Kier molecular flexibility index (Phi) is 12.7. The number of nitrogens with one attached hydrogen (secondary N) is 2. The van der Waals surface area contributed by atoms with E-state index >= 15 is 4.39 Å². The zero-order chi connectivity index (χ0) is 41.5. The van der Waals surface area contributed by atoms with Crippen LogP contribution in [-0.4, -0.2) is 75.0 Å². The molecular weight excluding hydrogens is 753 g/mol. The third kappa shape index (κ3) is 9.42. The average molecular weight is 798 g/mol. The first-order valence-corrected chi connectivity index (χ1v) is 18.8. The number of fused-ring (bicyclic) bond motifs is 1. The largest absolute Gasteiger partial charge is 0.477 e. The van der Waals surface area contributed by atoms with E-state index in [2.05, 4.69) is 20.8 Å². The van der Waals surface area contributed by atoms with Crippen LogP contribution in [0.25, 0.3) is 10.9 Å². The number of benzene rings is 3. The molecule has 1 aliphatic rings. The van der Waals surface area contributed by atoms with Gasteiger partial charge in [0.15, 0.2) is 0 Å². The summed E-state index contributed by atoms with van der Waals surface area (Å²) in [6.07, 6.45) is 0.0802. The van der Waals surface area contributed by atoms with Crippen LogP contribution < -0.4 is 21.0 Å². The predicted molar refractivity (Wildman–Crippen MR) is 210 cm³/mol. The van der Waals surface area contributed by atoms with E-state index in [1.165, 1.54) is 11.1 Å². The summed E-state index contributed by atoms with van der Waals surface area (Å²) in [6, 6.07) is 18.0.